The molecule has 0 radical (unpaired) electrons. The van der Waals surface area contributed by atoms with Gasteiger partial charge in [0.05, 0.1) is 21.2 Å². The molecule has 0 atom stereocenters. The first-order valence-corrected chi connectivity index (χ1v) is 8.90. The van der Waals surface area contributed by atoms with E-state index in [0.29, 0.717) is 43.9 Å². The second-order valence-electron chi connectivity index (χ2n) is 5.91. The molecule has 4 rings (SSSR count). The molecule has 0 N–H and O–H groups in total. The van der Waals surface area contributed by atoms with Crippen LogP contribution in [-0.2, 0) is 0 Å². The maximum atomic E-state index is 10.9. The number of hydrogen-bond acceptors (Lipinski definition) is 5. The van der Waals surface area contributed by atoms with Crippen LogP contribution < -0.4 is 0 Å². The predicted molar refractivity (Wildman–Crippen MR) is 110 cm³/mol. The van der Waals surface area contributed by atoms with E-state index in [2.05, 4.69) is 9.98 Å². The summed E-state index contributed by atoms with van der Waals surface area (Å²) in [5.74, 6) is 0.386. The van der Waals surface area contributed by atoms with E-state index in [1.165, 1.54) is 12.1 Å². The average molecular weight is 412 g/mol. The monoisotopic (exact) mass is 411 g/mol. The smallest absolute Gasteiger partial charge is 0.270 e. The van der Waals surface area contributed by atoms with Crippen LogP contribution in [0, 0.1) is 10.1 Å². The standard InChI is InChI=1S/C20H11Cl2N3O3/c21-13-4-6-16(17(22)9-13)20-24-18-10-14(5-7-19(18)28-20)23-11-12-2-1-3-15(8-12)25(26)27/h1-11H. The van der Waals surface area contributed by atoms with Crippen molar-refractivity contribution < 1.29 is 9.34 Å². The van der Waals surface area contributed by atoms with Gasteiger partial charge >= 0.3 is 0 Å². The maximum Gasteiger partial charge on any atom is 0.270 e. The molecule has 0 fully saturated rings. The van der Waals surface area contributed by atoms with Gasteiger partial charge in [-0.15, -0.1) is 0 Å². The molecule has 0 bridgehead atoms. The third-order valence-electron chi connectivity index (χ3n) is 3.98. The number of nitrogens with zero attached hydrogens (tertiary/aromatic N) is 3. The Balaban J connectivity index is 1.65. The van der Waals surface area contributed by atoms with Crippen LogP contribution in [0.1, 0.15) is 5.56 Å². The van der Waals surface area contributed by atoms with Gasteiger partial charge in [0.15, 0.2) is 5.58 Å². The molecule has 0 aliphatic carbocycles. The molecule has 28 heavy (non-hydrogen) atoms. The molecular weight excluding hydrogens is 401 g/mol. The highest BCUT2D eigenvalue weighted by Crippen LogP contribution is 2.32. The number of fused-ring (bicyclic) bond motifs is 1. The highest BCUT2D eigenvalue weighted by atomic mass is 35.5. The minimum absolute atomic E-state index is 0.0142. The van der Waals surface area contributed by atoms with E-state index < -0.39 is 4.92 Å². The van der Waals surface area contributed by atoms with Gasteiger partial charge in [-0.3, -0.25) is 15.1 Å². The first-order valence-electron chi connectivity index (χ1n) is 8.14. The van der Waals surface area contributed by atoms with Crippen molar-refractivity contribution in [1.82, 2.24) is 4.98 Å². The van der Waals surface area contributed by atoms with E-state index in [9.17, 15) is 10.1 Å². The molecule has 0 aliphatic rings. The number of nitro groups is 1. The zero-order chi connectivity index (χ0) is 19.7. The summed E-state index contributed by atoms with van der Waals surface area (Å²) in [5.41, 5.74) is 3.14. The fourth-order valence-corrected chi connectivity index (χ4v) is 3.13. The summed E-state index contributed by atoms with van der Waals surface area (Å²) in [6.45, 7) is 0. The van der Waals surface area contributed by atoms with Gasteiger partial charge in [-0.05, 0) is 42.0 Å². The number of aliphatic imine (C=N–C) groups is 1. The fraction of sp³-hybridized carbons (Fsp3) is 0. The molecule has 0 saturated heterocycles. The minimum atomic E-state index is -0.442. The van der Waals surface area contributed by atoms with Gasteiger partial charge in [0.1, 0.15) is 5.52 Å². The Hall–Kier alpha value is -3.22. The van der Waals surface area contributed by atoms with Gasteiger partial charge in [-0.2, -0.15) is 0 Å². The summed E-state index contributed by atoms with van der Waals surface area (Å²) in [7, 11) is 0. The highest BCUT2D eigenvalue weighted by molar-refractivity contribution is 6.36. The fourth-order valence-electron chi connectivity index (χ4n) is 2.64. The number of hydrogen-bond donors (Lipinski definition) is 0. The summed E-state index contributed by atoms with van der Waals surface area (Å²) in [6.07, 6.45) is 1.56. The Morgan fingerprint density at radius 3 is 2.71 bits per heavy atom. The van der Waals surface area contributed by atoms with E-state index in [1.54, 1.807) is 54.7 Å². The van der Waals surface area contributed by atoms with Gasteiger partial charge in [-0.25, -0.2) is 4.98 Å². The van der Waals surface area contributed by atoms with Crippen LogP contribution >= 0.6 is 23.2 Å². The van der Waals surface area contributed by atoms with Crippen molar-refractivity contribution in [2.75, 3.05) is 0 Å². The van der Waals surface area contributed by atoms with Crippen molar-refractivity contribution in [2.45, 2.75) is 0 Å². The summed E-state index contributed by atoms with van der Waals surface area (Å²) >= 11 is 12.1. The lowest BCUT2D eigenvalue weighted by Crippen LogP contribution is -1.89. The Morgan fingerprint density at radius 1 is 1.07 bits per heavy atom. The lowest BCUT2D eigenvalue weighted by Gasteiger charge is -1.98. The molecular formula is C20H11Cl2N3O3. The summed E-state index contributed by atoms with van der Waals surface area (Å²) in [4.78, 5) is 19.3. The Labute approximate surface area is 169 Å². The van der Waals surface area contributed by atoms with E-state index >= 15 is 0 Å². The first-order chi connectivity index (χ1) is 13.5. The topological polar surface area (TPSA) is 81.5 Å². The van der Waals surface area contributed by atoms with E-state index in [4.69, 9.17) is 27.6 Å². The molecule has 1 aromatic heterocycles. The van der Waals surface area contributed by atoms with Gasteiger partial charge in [0.25, 0.3) is 5.69 Å². The van der Waals surface area contributed by atoms with Crippen LogP contribution in [0.2, 0.25) is 10.0 Å². The van der Waals surface area contributed by atoms with E-state index in [0.717, 1.165) is 0 Å². The third-order valence-corrected chi connectivity index (χ3v) is 4.52. The summed E-state index contributed by atoms with van der Waals surface area (Å²) in [6, 6.07) is 16.6. The van der Waals surface area contributed by atoms with Crippen molar-refractivity contribution in [3.63, 3.8) is 0 Å². The molecule has 6 nitrogen and oxygen atoms in total. The molecule has 1 heterocycles. The number of non-ortho nitro benzene ring substituents is 1. The molecule has 0 spiro atoms. The number of benzene rings is 3. The predicted octanol–water partition coefficient (Wildman–Crippen LogP) is 6.46. The second kappa shape index (κ2) is 7.42. The molecule has 0 amide bonds. The van der Waals surface area contributed by atoms with E-state index in [1.807, 2.05) is 0 Å². The zero-order valence-electron chi connectivity index (χ0n) is 14.2. The number of halogens is 2. The molecule has 0 unspecified atom stereocenters. The van der Waals surface area contributed by atoms with Gasteiger partial charge in [0, 0.05) is 23.4 Å². The van der Waals surface area contributed by atoms with Crippen LogP contribution in [0.4, 0.5) is 11.4 Å². The third kappa shape index (κ3) is 3.74. The molecule has 4 aromatic rings. The number of aromatic nitrogens is 1. The summed E-state index contributed by atoms with van der Waals surface area (Å²) in [5, 5.41) is 11.8. The molecule has 0 aliphatic heterocycles. The molecule has 8 heteroatoms. The van der Waals surface area contributed by atoms with Crippen LogP contribution in [0.3, 0.4) is 0 Å². The maximum absolute atomic E-state index is 10.9. The first kappa shape index (κ1) is 18.2. The van der Waals surface area contributed by atoms with Crippen LogP contribution in [0.5, 0.6) is 0 Å². The van der Waals surface area contributed by atoms with Gasteiger partial charge in [-0.1, -0.05) is 35.3 Å². The Bertz CT molecular complexity index is 1230. The Kier molecular flexibility index (Phi) is 4.81. The van der Waals surface area contributed by atoms with Crippen molar-refractivity contribution in [2.24, 2.45) is 4.99 Å². The quantitative estimate of drug-likeness (QED) is 0.219. The number of rotatable bonds is 4. The normalized spacial score (nSPS) is 11.4. The van der Waals surface area contributed by atoms with E-state index in [-0.39, 0.29) is 5.69 Å². The van der Waals surface area contributed by atoms with Crippen molar-refractivity contribution in [3.05, 3.63) is 86.4 Å². The average Bonchev–Trinajstić information content (AvgIpc) is 3.09. The lowest BCUT2D eigenvalue weighted by molar-refractivity contribution is -0.384. The number of nitro benzene ring substituents is 1. The van der Waals surface area contributed by atoms with Crippen molar-refractivity contribution in [3.8, 4) is 11.5 Å². The lowest BCUT2D eigenvalue weighted by atomic mass is 10.2. The van der Waals surface area contributed by atoms with Crippen LogP contribution in [0.15, 0.2) is 70.1 Å². The molecule has 0 saturated carbocycles. The van der Waals surface area contributed by atoms with Gasteiger partial charge in [0.2, 0.25) is 5.89 Å². The Morgan fingerprint density at radius 2 is 1.93 bits per heavy atom. The minimum Gasteiger partial charge on any atom is -0.436 e. The highest BCUT2D eigenvalue weighted by Gasteiger charge is 2.12. The van der Waals surface area contributed by atoms with Crippen molar-refractivity contribution in [1.29, 1.82) is 0 Å². The SMILES string of the molecule is O=[N+]([O-])c1cccc(C=Nc2ccc3oc(-c4ccc(Cl)cc4Cl)nc3c2)c1. The molecule has 3 aromatic carbocycles. The largest absolute Gasteiger partial charge is 0.436 e. The molecule has 138 valence electrons. The van der Waals surface area contributed by atoms with Crippen LogP contribution in [-0.4, -0.2) is 16.1 Å². The second-order valence-corrected chi connectivity index (χ2v) is 6.75. The zero-order valence-corrected chi connectivity index (χ0v) is 15.7. The van der Waals surface area contributed by atoms with Gasteiger partial charge < -0.3 is 4.42 Å². The summed E-state index contributed by atoms with van der Waals surface area (Å²) < 4.78 is 5.77. The van der Waals surface area contributed by atoms with Crippen molar-refractivity contribution >= 4 is 51.9 Å². The van der Waals surface area contributed by atoms with Crippen LogP contribution in [0.25, 0.3) is 22.6 Å². The number of oxazole rings is 1.